The molecule has 0 saturated heterocycles. The van der Waals surface area contributed by atoms with Gasteiger partial charge in [0.05, 0.1) is 5.92 Å². The van der Waals surface area contributed by atoms with E-state index < -0.39 is 0 Å². The Morgan fingerprint density at radius 1 is 1.15 bits per heavy atom. The van der Waals surface area contributed by atoms with E-state index in [9.17, 15) is 9.59 Å². The quantitative estimate of drug-likeness (QED) is 0.757. The minimum Gasteiger partial charge on any atom is -0.455 e. The molecular weight excluding hydrogens is 346 g/mol. The highest BCUT2D eigenvalue weighted by Crippen LogP contribution is 2.38. The zero-order chi connectivity index (χ0) is 18.7. The summed E-state index contributed by atoms with van der Waals surface area (Å²) in [5.74, 6) is -0.230. The molecule has 0 bridgehead atoms. The van der Waals surface area contributed by atoms with Crippen LogP contribution >= 0.6 is 11.8 Å². The molecule has 26 heavy (non-hydrogen) atoms. The van der Waals surface area contributed by atoms with Gasteiger partial charge in [-0.25, -0.2) is 0 Å². The molecule has 0 heterocycles. The smallest absolute Gasteiger partial charge is 0.309 e. The number of esters is 1. The van der Waals surface area contributed by atoms with Crippen molar-refractivity contribution in [3.05, 3.63) is 53.6 Å². The third-order valence-electron chi connectivity index (χ3n) is 4.47. The average molecular weight is 369 g/mol. The molecule has 0 aromatic heterocycles. The van der Waals surface area contributed by atoms with Gasteiger partial charge in [0, 0.05) is 15.5 Å². The van der Waals surface area contributed by atoms with E-state index in [-0.39, 0.29) is 24.4 Å². The Kier molecular flexibility index (Phi) is 5.67. The molecule has 1 saturated carbocycles. The molecule has 3 rings (SSSR count). The summed E-state index contributed by atoms with van der Waals surface area (Å²) in [5, 5.41) is 2.75. The van der Waals surface area contributed by atoms with Gasteiger partial charge >= 0.3 is 5.97 Å². The second kappa shape index (κ2) is 7.96. The molecule has 2 aromatic carbocycles. The number of aryl methyl sites for hydroxylation is 2. The molecule has 0 spiro atoms. The fraction of sp³-hybridized carbons (Fsp3) is 0.333. The minimum absolute atomic E-state index is 0.0239. The fourth-order valence-electron chi connectivity index (χ4n) is 2.64. The first kappa shape index (κ1) is 18.5. The lowest BCUT2D eigenvalue weighted by molar-refractivity contribution is -0.148. The summed E-state index contributed by atoms with van der Waals surface area (Å²) in [6.45, 7) is 5.95. The van der Waals surface area contributed by atoms with Crippen molar-refractivity contribution in [1.82, 2.24) is 0 Å². The van der Waals surface area contributed by atoms with Crippen molar-refractivity contribution in [2.45, 2.75) is 37.0 Å². The normalized spacial score (nSPS) is 18.3. The van der Waals surface area contributed by atoms with Crippen molar-refractivity contribution in [2.24, 2.45) is 11.8 Å². The van der Waals surface area contributed by atoms with Crippen LogP contribution in [0.15, 0.2) is 52.3 Å². The maximum Gasteiger partial charge on any atom is 0.309 e. The molecule has 136 valence electrons. The predicted octanol–water partition coefficient (Wildman–Crippen LogP) is 4.59. The highest BCUT2D eigenvalue weighted by atomic mass is 32.2. The Morgan fingerprint density at radius 2 is 1.85 bits per heavy atom. The number of ether oxygens (including phenoxy) is 1. The van der Waals surface area contributed by atoms with Crippen LogP contribution in [0.5, 0.6) is 0 Å². The van der Waals surface area contributed by atoms with Gasteiger partial charge in [-0.1, -0.05) is 30.8 Å². The van der Waals surface area contributed by atoms with E-state index in [0.717, 1.165) is 11.3 Å². The number of amides is 1. The summed E-state index contributed by atoms with van der Waals surface area (Å²) in [6, 6.07) is 14.1. The average Bonchev–Trinajstić information content (AvgIpc) is 3.34. The zero-order valence-electron chi connectivity index (χ0n) is 15.2. The molecular formula is C21H23NO3S. The van der Waals surface area contributed by atoms with Crippen LogP contribution in [0.25, 0.3) is 0 Å². The Bertz CT molecular complexity index is 817. The highest BCUT2D eigenvalue weighted by molar-refractivity contribution is 7.99. The zero-order valence-corrected chi connectivity index (χ0v) is 16.1. The first-order valence-corrected chi connectivity index (χ1v) is 9.55. The first-order valence-electron chi connectivity index (χ1n) is 8.74. The molecule has 0 unspecified atom stereocenters. The van der Waals surface area contributed by atoms with Crippen molar-refractivity contribution in [2.75, 3.05) is 11.9 Å². The van der Waals surface area contributed by atoms with Crippen LogP contribution in [0.2, 0.25) is 0 Å². The number of anilines is 1. The number of hydrogen-bond donors (Lipinski definition) is 1. The van der Waals surface area contributed by atoms with Gasteiger partial charge in [-0.2, -0.15) is 0 Å². The molecule has 1 aliphatic rings. The predicted molar refractivity (Wildman–Crippen MR) is 103 cm³/mol. The van der Waals surface area contributed by atoms with Gasteiger partial charge in [0.15, 0.2) is 6.61 Å². The van der Waals surface area contributed by atoms with E-state index in [0.29, 0.717) is 11.6 Å². The van der Waals surface area contributed by atoms with Crippen LogP contribution in [-0.2, 0) is 14.3 Å². The summed E-state index contributed by atoms with van der Waals surface area (Å²) in [5.41, 5.74) is 3.16. The van der Waals surface area contributed by atoms with Gasteiger partial charge in [0.2, 0.25) is 0 Å². The van der Waals surface area contributed by atoms with Crippen LogP contribution in [0, 0.1) is 25.7 Å². The lowest BCUT2D eigenvalue weighted by Gasteiger charge is -2.09. The number of nitrogens with one attached hydrogen (secondary N) is 1. The third kappa shape index (κ3) is 4.88. The largest absolute Gasteiger partial charge is 0.455 e. The van der Waals surface area contributed by atoms with E-state index in [1.54, 1.807) is 11.8 Å². The monoisotopic (exact) mass is 369 g/mol. The Labute approximate surface area is 158 Å². The molecule has 1 aliphatic carbocycles. The van der Waals surface area contributed by atoms with E-state index in [1.165, 1.54) is 16.0 Å². The molecule has 4 nitrogen and oxygen atoms in total. The fourth-order valence-corrected chi connectivity index (χ4v) is 3.64. The van der Waals surface area contributed by atoms with Gasteiger partial charge in [0.1, 0.15) is 0 Å². The van der Waals surface area contributed by atoms with Crippen LogP contribution in [0.1, 0.15) is 24.5 Å². The van der Waals surface area contributed by atoms with Gasteiger partial charge in [0.25, 0.3) is 5.91 Å². The summed E-state index contributed by atoms with van der Waals surface area (Å²) >= 11 is 1.70. The number of hydrogen-bond acceptors (Lipinski definition) is 4. The van der Waals surface area contributed by atoms with Crippen molar-refractivity contribution < 1.29 is 14.3 Å². The lowest BCUT2D eigenvalue weighted by atomic mass is 10.2. The van der Waals surface area contributed by atoms with Crippen LogP contribution in [-0.4, -0.2) is 18.5 Å². The molecule has 2 atom stereocenters. The molecule has 0 radical (unpaired) electrons. The number of rotatable bonds is 6. The third-order valence-corrected chi connectivity index (χ3v) is 5.63. The van der Waals surface area contributed by atoms with Gasteiger partial charge in [-0.15, -0.1) is 0 Å². The number of carbonyl (C=O) groups is 2. The van der Waals surface area contributed by atoms with E-state index in [1.807, 2.05) is 31.2 Å². The Morgan fingerprint density at radius 3 is 2.50 bits per heavy atom. The lowest BCUT2D eigenvalue weighted by Crippen LogP contribution is -2.21. The van der Waals surface area contributed by atoms with E-state index in [4.69, 9.17) is 4.74 Å². The van der Waals surface area contributed by atoms with Gasteiger partial charge in [-0.05, 0) is 67.6 Å². The highest BCUT2D eigenvalue weighted by Gasteiger charge is 2.40. The van der Waals surface area contributed by atoms with Gasteiger partial charge < -0.3 is 10.1 Å². The molecule has 5 heteroatoms. The van der Waals surface area contributed by atoms with E-state index in [2.05, 4.69) is 37.4 Å². The maximum absolute atomic E-state index is 11.9. The second-order valence-electron chi connectivity index (χ2n) is 6.87. The van der Waals surface area contributed by atoms with Crippen LogP contribution in [0.4, 0.5) is 5.69 Å². The molecule has 1 N–H and O–H groups in total. The minimum atomic E-state index is -0.318. The standard InChI is InChI=1S/C21H23NO3S/c1-13-4-5-14(2)19(10-13)26-17-8-6-16(7-9-17)22-20(23)12-25-21(24)18-11-15(18)3/h4-10,15,18H,11-12H2,1-3H3,(H,22,23)/t15-,18-/m1/s1. The van der Waals surface area contributed by atoms with E-state index >= 15 is 0 Å². The SMILES string of the molecule is Cc1ccc(C)c(Sc2ccc(NC(=O)COC(=O)[C@@H]3C[C@H]3C)cc2)c1. The van der Waals surface area contributed by atoms with Crippen molar-refractivity contribution in [3.63, 3.8) is 0 Å². The molecule has 1 fully saturated rings. The summed E-state index contributed by atoms with van der Waals surface area (Å²) in [6.07, 6.45) is 0.861. The Hall–Kier alpha value is -2.27. The summed E-state index contributed by atoms with van der Waals surface area (Å²) in [7, 11) is 0. The summed E-state index contributed by atoms with van der Waals surface area (Å²) < 4.78 is 5.04. The van der Waals surface area contributed by atoms with Crippen molar-refractivity contribution in [1.29, 1.82) is 0 Å². The Balaban J connectivity index is 1.51. The summed E-state index contributed by atoms with van der Waals surface area (Å²) in [4.78, 5) is 25.9. The maximum atomic E-state index is 11.9. The van der Waals surface area contributed by atoms with Crippen molar-refractivity contribution >= 4 is 29.3 Å². The van der Waals surface area contributed by atoms with Crippen LogP contribution < -0.4 is 5.32 Å². The topological polar surface area (TPSA) is 55.4 Å². The first-order chi connectivity index (χ1) is 12.4. The molecule has 2 aromatic rings. The van der Waals surface area contributed by atoms with Gasteiger partial charge in [-0.3, -0.25) is 9.59 Å². The number of benzene rings is 2. The van der Waals surface area contributed by atoms with Crippen LogP contribution in [0.3, 0.4) is 0 Å². The molecule has 1 amide bonds. The van der Waals surface area contributed by atoms with Crippen molar-refractivity contribution in [3.8, 4) is 0 Å². The number of carbonyl (C=O) groups excluding carboxylic acids is 2. The second-order valence-corrected chi connectivity index (χ2v) is 7.99. The molecule has 0 aliphatic heterocycles.